The molecule has 1 saturated carbocycles. The molecule has 0 saturated heterocycles. The van der Waals surface area contributed by atoms with Gasteiger partial charge in [-0.2, -0.15) is 0 Å². The quantitative estimate of drug-likeness (QED) is 0.911. The second-order valence-corrected chi connectivity index (χ2v) is 5.74. The first-order chi connectivity index (χ1) is 8.92. The molecule has 0 aromatic carbocycles. The highest BCUT2D eigenvalue weighted by atomic mass is 16.6. The van der Waals surface area contributed by atoms with Crippen LogP contribution in [-0.2, 0) is 4.74 Å². The zero-order valence-corrected chi connectivity index (χ0v) is 11.6. The van der Waals surface area contributed by atoms with Gasteiger partial charge in [-0.05, 0) is 32.9 Å². The zero-order valence-electron chi connectivity index (χ0n) is 11.6. The van der Waals surface area contributed by atoms with Gasteiger partial charge in [0, 0.05) is 25.1 Å². The highest BCUT2D eigenvalue weighted by Crippen LogP contribution is 2.25. The van der Waals surface area contributed by atoms with Crippen molar-refractivity contribution in [3.63, 3.8) is 0 Å². The molecule has 5 heteroatoms. The van der Waals surface area contributed by atoms with Gasteiger partial charge in [0.2, 0.25) is 0 Å². The Morgan fingerprint density at radius 2 is 2.16 bits per heavy atom. The second-order valence-electron chi connectivity index (χ2n) is 5.74. The molecule has 19 heavy (non-hydrogen) atoms. The molecule has 0 spiro atoms. The van der Waals surface area contributed by atoms with Crippen molar-refractivity contribution in [1.29, 1.82) is 0 Å². The van der Waals surface area contributed by atoms with E-state index in [9.17, 15) is 4.79 Å². The van der Waals surface area contributed by atoms with Crippen molar-refractivity contribution >= 4 is 6.09 Å². The third-order valence-corrected chi connectivity index (χ3v) is 2.75. The van der Waals surface area contributed by atoms with Gasteiger partial charge < -0.3 is 14.8 Å². The third kappa shape index (κ3) is 4.43. The van der Waals surface area contributed by atoms with Gasteiger partial charge in [0.1, 0.15) is 17.5 Å². The minimum Gasteiger partial charge on any atom is -0.489 e. The zero-order chi connectivity index (χ0) is 13.9. The van der Waals surface area contributed by atoms with Crippen LogP contribution in [-0.4, -0.2) is 28.8 Å². The number of pyridine rings is 1. The lowest BCUT2D eigenvalue weighted by Gasteiger charge is -2.36. The summed E-state index contributed by atoms with van der Waals surface area (Å²) in [6, 6.07) is 3.85. The Hall–Kier alpha value is -1.78. The van der Waals surface area contributed by atoms with Gasteiger partial charge in [-0.25, -0.2) is 4.79 Å². The van der Waals surface area contributed by atoms with Crippen molar-refractivity contribution in [3.8, 4) is 5.75 Å². The number of hydrogen-bond donors (Lipinski definition) is 1. The Kier molecular flexibility index (Phi) is 3.93. The summed E-state index contributed by atoms with van der Waals surface area (Å²) in [6.45, 7) is 5.55. The molecule has 1 amide bonds. The number of aromatic nitrogens is 1. The van der Waals surface area contributed by atoms with E-state index in [-0.39, 0.29) is 18.2 Å². The lowest BCUT2D eigenvalue weighted by molar-refractivity contribution is 0.0362. The Bertz CT molecular complexity index is 422. The first-order valence-corrected chi connectivity index (χ1v) is 6.48. The summed E-state index contributed by atoms with van der Waals surface area (Å²) in [7, 11) is 0. The van der Waals surface area contributed by atoms with Crippen LogP contribution in [0.3, 0.4) is 0 Å². The van der Waals surface area contributed by atoms with Crippen LogP contribution in [0.1, 0.15) is 33.6 Å². The first kappa shape index (κ1) is 13.6. The van der Waals surface area contributed by atoms with E-state index in [1.54, 1.807) is 12.4 Å². The smallest absolute Gasteiger partial charge is 0.407 e. The van der Waals surface area contributed by atoms with E-state index in [4.69, 9.17) is 9.47 Å². The molecule has 0 radical (unpaired) electrons. The van der Waals surface area contributed by atoms with Crippen molar-refractivity contribution in [2.75, 3.05) is 0 Å². The van der Waals surface area contributed by atoms with Crippen LogP contribution >= 0.6 is 0 Å². The van der Waals surface area contributed by atoms with Crippen molar-refractivity contribution in [1.82, 2.24) is 10.3 Å². The van der Waals surface area contributed by atoms with E-state index < -0.39 is 5.60 Å². The van der Waals surface area contributed by atoms with Crippen LogP contribution in [0.4, 0.5) is 4.79 Å². The molecule has 1 N–H and O–H groups in total. The Balaban J connectivity index is 1.68. The summed E-state index contributed by atoms with van der Waals surface area (Å²) >= 11 is 0. The van der Waals surface area contributed by atoms with E-state index >= 15 is 0 Å². The van der Waals surface area contributed by atoms with E-state index in [2.05, 4.69) is 10.3 Å². The minimum absolute atomic E-state index is 0.136. The molecule has 1 heterocycles. The molecule has 104 valence electrons. The molecule has 1 fully saturated rings. The second kappa shape index (κ2) is 5.47. The summed E-state index contributed by atoms with van der Waals surface area (Å²) in [4.78, 5) is 15.5. The van der Waals surface area contributed by atoms with E-state index in [1.807, 2.05) is 32.9 Å². The largest absolute Gasteiger partial charge is 0.489 e. The summed E-state index contributed by atoms with van der Waals surface area (Å²) in [5.41, 5.74) is -0.459. The Morgan fingerprint density at radius 1 is 1.42 bits per heavy atom. The van der Waals surface area contributed by atoms with Gasteiger partial charge in [0.05, 0.1) is 6.20 Å². The highest BCUT2D eigenvalue weighted by Gasteiger charge is 2.33. The molecule has 1 aromatic heterocycles. The fourth-order valence-electron chi connectivity index (χ4n) is 1.86. The topological polar surface area (TPSA) is 60.5 Å². The van der Waals surface area contributed by atoms with Crippen LogP contribution in [0, 0.1) is 0 Å². The number of carbonyl (C=O) groups is 1. The van der Waals surface area contributed by atoms with Gasteiger partial charge in [-0.1, -0.05) is 0 Å². The van der Waals surface area contributed by atoms with Gasteiger partial charge >= 0.3 is 6.09 Å². The van der Waals surface area contributed by atoms with Gasteiger partial charge in [0.25, 0.3) is 0 Å². The van der Waals surface area contributed by atoms with Crippen LogP contribution < -0.4 is 10.1 Å². The van der Waals surface area contributed by atoms with Crippen LogP contribution in [0.5, 0.6) is 5.75 Å². The fourth-order valence-corrected chi connectivity index (χ4v) is 1.86. The number of hydrogen-bond acceptors (Lipinski definition) is 4. The average Bonchev–Trinajstić information content (AvgIpc) is 2.25. The number of ether oxygens (including phenoxy) is 2. The lowest BCUT2D eigenvalue weighted by Crippen LogP contribution is -2.50. The number of nitrogens with zero attached hydrogens (tertiary/aromatic N) is 1. The summed E-state index contributed by atoms with van der Waals surface area (Å²) in [5, 5.41) is 2.83. The normalized spacial score (nSPS) is 22.3. The highest BCUT2D eigenvalue weighted by molar-refractivity contribution is 5.68. The molecule has 5 nitrogen and oxygen atoms in total. The van der Waals surface area contributed by atoms with E-state index in [1.165, 1.54) is 0 Å². The number of carbonyl (C=O) groups excluding carboxylic acids is 1. The molecule has 1 aliphatic carbocycles. The molecule has 0 aliphatic heterocycles. The summed E-state index contributed by atoms with van der Waals surface area (Å²) in [5.74, 6) is 0.767. The van der Waals surface area contributed by atoms with Crippen LogP contribution in [0.25, 0.3) is 0 Å². The van der Waals surface area contributed by atoms with Gasteiger partial charge in [-0.15, -0.1) is 0 Å². The first-order valence-electron chi connectivity index (χ1n) is 6.48. The van der Waals surface area contributed by atoms with Crippen molar-refractivity contribution < 1.29 is 14.3 Å². The lowest BCUT2D eigenvalue weighted by atomic mass is 9.89. The van der Waals surface area contributed by atoms with Crippen molar-refractivity contribution in [3.05, 3.63) is 24.5 Å². The summed E-state index contributed by atoms with van der Waals surface area (Å²) < 4.78 is 10.9. The monoisotopic (exact) mass is 264 g/mol. The molecule has 0 unspecified atom stereocenters. The number of alkyl carbamates (subject to hydrolysis) is 1. The van der Waals surface area contributed by atoms with Crippen LogP contribution in [0.2, 0.25) is 0 Å². The molecular formula is C14H20N2O3. The number of rotatable bonds is 3. The predicted molar refractivity (Wildman–Crippen MR) is 71.0 cm³/mol. The molecule has 1 aliphatic rings. The summed E-state index contributed by atoms with van der Waals surface area (Å²) in [6.07, 6.45) is 4.78. The maximum absolute atomic E-state index is 11.5. The van der Waals surface area contributed by atoms with E-state index in [0.29, 0.717) is 0 Å². The Morgan fingerprint density at radius 3 is 2.74 bits per heavy atom. The third-order valence-electron chi connectivity index (χ3n) is 2.75. The molecule has 1 aromatic rings. The SMILES string of the molecule is CC(C)(C)OC(=O)NC1CC(Oc2cccnc2)C1. The number of nitrogens with one attached hydrogen (secondary N) is 1. The maximum atomic E-state index is 11.5. The predicted octanol–water partition coefficient (Wildman–Crippen LogP) is 2.52. The average molecular weight is 264 g/mol. The van der Waals surface area contributed by atoms with Crippen molar-refractivity contribution in [2.45, 2.75) is 51.4 Å². The minimum atomic E-state index is -0.459. The molecular weight excluding hydrogens is 244 g/mol. The molecule has 0 bridgehead atoms. The Labute approximate surface area is 113 Å². The molecule has 0 atom stereocenters. The standard InChI is InChI=1S/C14H20N2O3/c1-14(2,3)19-13(17)16-10-7-12(8-10)18-11-5-4-6-15-9-11/h4-6,9-10,12H,7-8H2,1-3H3,(H,16,17). The van der Waals surface area contributed by atoms with Crippen LogP contribution in [0.15, 0.2) is 24.5 Å². The molecule has 2 rings (SSSR count). The van der Waals surface area contributed by atoms with E-state index in [0.717, 1.165) is 18.6 Å². The fraction of sp³-hybridized carbons (Fsp3) is 0.571. The maximum Gasteiger partial charge on any atom is 0.407 e. The van der Waals surface area contributed by atoms with Crippen molar-refractivity contribution in [2.24, 2.45) is 0 Å². The van der Waals surface area contributed by atoms with Gasteiger partial charge in [0.15, 0.2) is 0 Å². The van der Waals surface area contributed by atoms with Gasteiger partial charge in [-0.3, -0.25) is 4.98 Å². The number of amides is 1.